The molecule has 2 aromatic heterocycles. The minimum atomic E-state index is -0.424. The van der Waals surface area contributed by atoms with E-state index < -0.39 is 6.04 Å². The molecule has 2 aromatic rings. The van der Waals surface area contributed by atoms with Gasteiger partial charge in [-0.05, 0) is 6.07 Å². The van der Waals surface area contributed by atoms with E-state index in [9.17, 15) is 0 Å². The lowest BCUT2D eigenvalue weighted by Gasteiger charge is -2.08. The SMILES string of the molecule is COc1ccc(C(N)c2cnccn2)nn1. The number of aromatic nitrogens is 4. The van der Waals surface area contributed by atoms with Crippen LogP contribution in [0.4, 0.5) is 0 Å². The zero-order chi connectivity index (χ0) is 11.4. The van der Waals surface area contributed by atoms with E-state index in [0.717, 1.165) is 0 Å². The second-order valence-corrected chi connectivity index (χ2v) is 3.11. The lowest BCUT2D eigenvalue weighted by molar-refractivity contribution is 0.390. The maximum Gasteiger partial charge on any atom is 0.233 e. The monoisotopic (exact) mass is 217 g/mol. The molecule has 1 unspecified atom stereocenters. The van der Waals surface area contributed by atoms with Crippen LogP contribution in [-0.2, 0) is 0 Å². The van der Waals surface area contributed by atoms with Gasteiger partial charge < -0.3 is 10.5 Å². The summed E-state index contributed by atoms with van der Waals surface area (Å²) in [5.74, 6) is 0.454. The van der Waals surface area contributed by atoms with Crippen LogP contribution in [0.15, 0.2) is 30.7 Å². The van der Waals surface area contributed by atoms with Crippen LogP contribution < -0.4 is 10.5 Å². The van der Waals surface area contributed by atoms with Gasteiger partial charge in [0.25, 0.3) is 0 Å². The molecule has 82 valence electrons. The Kier molecular flexibility index (Phi) is 3.02. The first-order valence-corrected chi connectivity index (χ1v) is 4.70. The normalized spacial score (nSPS) is 12.1. The zero-order valence-corrected chi connectivity index (χ0v) is 8.74. The van der Waals surface area contributed by atoms with Crippen molar-refractivity contribution in [2.24, 2.45) is 5.73 Å². The number of nitrogens with zero attached hydrogens (tertiary/aromatic N) is 4. The minimum Gasteiger partial charge on any atom is -0.480 e. The van der Waals surface area contributed by atoms with Gasteiger partial charge in [-0.15, -0.1) is 10.2 Å². The molecule has 2 heterocycles. The Balaban J connectivity index is 2.24. The Labute approximate surface area is 92.5 Å². The molecule has 6 nitrogen and oxygen atoms in total. The van der Waals surface area contributed by atoms with Crippen LogP contribution in [-0.4, -0.2) is 27.3 Å². The first-order valence-electron chi connectivity index (χ1n) is 4.70. The van der Waals surface area contributed by atoms with Crippen LogP contribution >= 0.6 is 0 Å². The number of nitrogens with two attached hydrogens (primary N) is 1. The van der Waals surface area contributed by atoms with Crippen LogP contribution in [0.5, 0.6) is 5.88 Å². The van der Waals surface area contributed by atoms with E-state index in [2.05, 4.69) is 20.2 Å². The summed E-state index contributed by atoms with van der Waals surface area (Å²) >= 11 is 0. The van der Waals surface area contributed by atoms with Crippen molar-refractivity contribution < 1.29 is 4.74 Å². The molecule has 1 atom stereocenters. The molecule has 16 heavy (non-hydrogen) atoms. The van der Waals surface area contributed by atoms with E-state index in [4.69, 9.17) is 10.5 Å². The van der Waals surface area contributed by atoms with Gasteiger partial charge >= 0.3 is 0 Å². The second-order valence-electron chi connectivity index (χ2n) is 3.11. The van der Waals surface area contributed by atoms with Crippen molar-refractivity contribution in [2.75, 3.05) is 7.11 Å². The minimum absolute atomic E-state index is 0.424. The van der Waals surface area contributed by atoms with E-state index in [0.29, 0.717) is 17.3 Å². The van der Waals surface area contributed by atoms with Crippen molar-refractivity contribution in [1.82, 2.24) is 20.2 Å². The highest BCUT2D eigenvalue weighted by molar-refractivity contribution is 5.20. The highest BCUT2D eigenvalue weighted by Gasteiger charge is 2.12. The summed E-state index contributed by atoms with van der Waals surface area (Å²) in [4.78, 5) is 8.06. The molecule has 0 amide bonds. The molecule has 0 aliphatic rings. The quantitative estimate of drug-likeness (QED) is 0.796. The van der Waals surface area contributed by atoms with E-state index in [1.165, 1.54) is 7.11 Å². The predicted molar refractivity (Wildman–Crippen MR) is 56.6 cm³/mol. The lowest BCUT2D eigenvalue weighted by Crippen LogP contribution is -2.15. The molecular weight excluding hydrogens is 206 g/mol. The lowest BCUT2D eigenvalue weighted by atomic mass is 10.1. The molecule has 6 heteroatoms. The summed E-state index contributed by atoms with van der Waals surface area (Å²) in [6.45, 7) is 0. The average molecular weight is 217 g/mol. The van der Waals surface area contributed by atoms with Gasteiger partial charge in [-0.2, -0.15) is 0 Å². The number of ether oxygens (including phenoxy) is 1. The van der Waals surface area contributed by atoms with E-state index in [1.807, 2.05) is 0 Å². The molecule has 0 aliphatic carbocycles. The van der Waals surface area contributed by atoms with Gasteiger partial charge in [0.05, 0.1) is 30.7 Å². The van der Waals surface area contributed by atoms with Crippen molar-refractivity contribution >= 4 is 0 Å². The zero-order valence-electron chi connectivity index (χ0n) is 8.74. The Hall–Kier alpha value is -2.08. The molecule has 0 aliphatic heterocycles. The largest absolute Gasteiger partial charge is 0.480 e. The van der Waals surface area contributed by atoms with Crippen molar-refractivity contribution in [3.05, 3.63) is 42.1 Å². The van der Waals surface area contributed by atoms with E-state index >= 15 is 0 Å². The fourth-order valence-electron chi connectivity index (χ4n) is 1.23. The topological polar surface area (TPSA) is 86.8 Å². The molecular formula is C10H11N5O. The molecule has 0 fully saturated rings. The summed E-state index contributed by atoms with van der Waals surface area (Å²) in [6, 6.07) is 3.04. The molecule has 0 bridgehead atoms. The summed E-state index contributed by atoms with van der Waals surface area (Å²) in [6.07, 6.45) is 4.79. The van der Waals surface area contributed by atoms with Crippen LogP contribution in [0.2, 0.25) is 0 Å². The molecule has 0 aromatic carbocycles. The highest BCUT2D eigenvalue weighted by Crippen LogP contribution is 2.15. The smallest absolute Gasteiger partial charge is 0.233 e. The summed E-state index contributed by atoms with van der Waals surface area (Å²) in [5.41, 5.74) is 7.24. The first-order chi connectivity index (χ1) is 7.81. The number of methoxy groups -OCH3 is 1. The standard InChI is InChI=1S/C10H11N5O/c1-16-9-3-2-7(14-15-9)10(11)8-6-12-4-5-13-8/h2-6,10H,11H2,1H3. The third-order valence-electron chi connectivity index (χ3n) is 2.09. The third kappa shape index (κ3) is 2.12. The van der Waals surface area contributed by atoms with Crippen molar-refractivity contribution in [2.45, 2.75) is 6.04 Å². The number of rotatable bonds is 3. The van der Waals surface area contributed by atoms with E-state index in [-0.39, 0.29) is 0 Å². The van der Waals surface area contributed by atoms with Gasteiger partial charge in [0.1, 0.15) is 0 Å². The van der Waals surface area contributed by atoms with Gasteiger partial charge in [0, 0.05) is 18.5 Å². The Morgan fingerprint density at radius 1 is 1.19 bits per heavy atom. The fourth-order valence-corrected chi connectivity index (χ4v) is 1.23. The first kappa shape index (κ1) is 10.4. The summed E-state index contributed by atoms with van der Waals surface area (Å²) in [5, 5.41) is 7.80. The summed E-state index contributed by atoms with van der Waals surface area (Å²) in [7, 11) is 1.53. The Bertz CT molecular complexity index is 445. The fraction of sp³-hybridized carbons (Fsp3) is 0.200. The van der Waals surface area contributed by atoms with Gasteiger partial charge in [-0.1, -0.05) is 0 Å². The van der Waals surface area contributed by atoms with Crippen molar-refractivity contribution in [3.8, 4) is 5.88 Å². The molecule has 2 rings (SSSR count). The van der Waals surface area contributed by atoms with Crippen LogP contribution in [0, 0.1) is 0 Å². The highest BCUT2D eigenvalue weighted by atomic mass is 16.5. The van der Waals surface area contributed by atoms with Gasteiger partial charge in [-0.3, -0.25) is 9.97 Å². The van der Waals surface area contributed by atoms with Crippen molar-refractivity contribution in [1.29, 1.82) is 0 Å². The number of hydrogen-bond acceptors (Lipinski definition) is 6. The van der Waals surface area contributed by atoms with Crippen LogP contribution in [0.3, 0.4) is 0 Å². The van der Waals surface area contributed by atoms with Gasteiger partial charge in [0.15, 0.2) is 0 Å². The van der Waals surface area contributed by atoms with Gasteiger partial charge in [0.2, 0.25) is 5.88 Å². The molecule has 0 radical (unpaired) electrons. The number of hydrogen-bond donors (Lipinski definition) is 1. The third-order valence-corrected chi connectivity index (χ3v) is 2.09. The maximum atomic E-state index is 5.96. The Morgan fingerprint density at radius 2 is 2.06 bits per heavy atom. The molecule has 0 saturated heterocycles. The van der Waals surface area contributed by atoms with E-state index in [1.54, 1.807) is 30.7 Å². The summed E-state index contributed by atoms with van der Waals surface area (Å²) < 4.78 is 4.91. The van der Waals surface area contributed by atoms with Gasteiger partial charge in [-0.25, -0.2) is 0 Å². The second kappa shape index (κ2) is 4.63. The Morgan fingerprint density at radius 3 is 2.62 bits per heavy atom. The predicted octanol–water partition coefficient (Wildman–Crippen LogP) is 0.323. The molecule has 2 N–H and O–H groups in total. The van der Waals surface area contributed by atoms with Crippen molar-refractivity contribution in [3.63, 3.8) is 0 Å². The maximum absolute atomic E-state index is 5.96. The van der Waals surface area contributed by atoms with Crippen LogP contribution in [0.25, 0.3) is 0 Å². The van der Waals surface area contributed by atoms with Crippen LogP contribution in [0.1, 0.15) is 17.4 Å². The average Bonchev–Trinajstić information content (AvgIpc) is 2.39. The molecule has 0 saturated carbocycles. The molecule has 0 spiro atoms.